The second-order valence-corrected chi connectivity index (χ2v) is 8.74. The minimum Gasteiger partial charge on any atom is -0.507 e. The number of hydrogen-bond donors (Lipinski definition) is 3. The van der Waals surface area contributed by atoms with Crippen LogP contribution in [0.1, 0.15) is 38.8 Å². The van der Waals surface area contributed by atoms with Gasteiger partial charge in [-0.05, 0) is 34.1 Å². The summed E-state index contributed by atoms with van der Waals surface area (Å²) in [5.74, 6) is 0.213. The van der Waals surface area contributed by atoms with Gasteiger partial charge in [-0.25, -0.2) is 0 Å². The number of rotatable bonds is 4. The van der Waals surface area contributed by atoms with Crippen molar-refractivity contribution in [3.05, 3.63) is 45.1 Å². The summed E-state index contributed by atoms with van der Waals surface area (Å²) in [5.41, 5.74) is 0.855. The Morgan fingerprint density at radius 2 is 1.84 bits per heavy atom. The van der Waals surface area contributed by atoms with Gasteiger partial charge in [-0.1, -0.05) is 11.6 Å². The van der Waals surface area contributed by atoms with Crippen LogP contribution in [0.4, 0.5) is 0 Å². The lowest BCUT2D eigenvalue weighted by atomic mass is 9.94. The Kier molecular flexibility index (Phi) is 4.89. The van der Waals surface area contributed by atoms with Gasteiger partial charge < -0.3 is 29.2 Å². The van der Waals surface area contributed by atoms with Gasteiger partial charge >= 0.3 is 0 Å². The molecule has 31 heavy (non-hydrogen) atoms. The number of allylic oxidation sites excluding steroid dienone is 2. The second-order valence-electron chi connectivity index (χ2n) is 8.74. The Hall–Kier alpha value is -3.19. The maximum Gasteiger partial charge on any atom is 0.204 e. The van der Waals surface area contributed by atoms with Gasteiger partial charge in [-0.15, -0.1) is 0 Å². The minimum atomic E-state index is -1.17. The highest BCUT2D eigenvalue weighted by atomic mass is 16.5. The van der Waals surface area contributed by atoms with Crippen LogP contribution < -0.4 is 14.9 Å². The highest BCUT2D eigenvalue weighted by Crippen LogP contribution is 2.45. The van der Waals surface area contributed by atoms with Gasteiger partial charge in [0.2, 0.25) is 5.43 Å². The quantitative estimate of drug-likeness (QED) is 0.428. The minimum absolute atomic E-state index is 0.0415. The predicted molar refractivity (Wildman–Crippen MR) is 117 cm³/mol. The molecule has 0 unspecified atom stereocenters. The van der Waals surface area contributed by atoms with E-state index in [0.717, 1.165) is 5.57 Å². The molecular formula is C24H26O7. The first-order chi connectivity index (χ1) is 14.5. The third-order valence-corrected chi connectivity index (χ3v) is 5.68. The van der Waals surface area contributed by atoms with E-state index in [9.17, 15) is 20.1 Å². The molecular weight excluding hydrogens is 400 g/mol. The fourth-order valence-corrected chi connectivity index (χ4v) is 4.03. The fraction of sp³-hybridized carbons (Fsp3) is 0.375. The summed E-state index contributed by atoms with van der Waals surface area (Å²) in [6.45, 7) is 7.12. The highest BCUT2D eigenvalue weighted by Gasteiger charge is 2.38. The van der Waals surface area contributed by atoms with Crippen LogP contribution in [0.5, 0.6) is 23.0 Å². The molecule has 2 aromatic carbocycles. The van der Waals surface area contributed by atoms with Gasteiger partial charge in [-0.3, -0.25) is 4.79 Å². The van der Waals surface area contributed by atoms with Crippen molar-refractivity contribution in [2.45, 2.75) is 52.2 Å². The smallest absolute Gasteiger partial charge is 0.204 e. The summed E-state index contributed by atoms with van der Waals surface area (Å²) in [6.07, 6.45) is 1.95. The SMILES string of the molecule is COc1c(CC=C(C)C)c(O)cc2oc3cc(O)c4c(c3c(=O)c12)C[C@H](C(C)(C)O)O4. The van der Waals surface area contributed by atoms with Crippen LogP contribution in [0.25, 0.3) is 21.9 Å². The number of aliphatic hydroxyl groups is 1. The van der Waals surface area contributed by atoms with E-state index in [1.807, 2.05) is 19.9 Å². The Morgan fingerprint density at radius 1 is 1.19 bits per heavy atom. The molecule has 3 aromatic rings. The molecule has 4 rings (SSSR count). The monoisotopic (exact) mass is 426 g/mol. The second kappa shape index (κ2) is 7.20. The van der Waals surface area contributed by atoms with Crippen LogP contribution in [0.15, 0.2) is 33.0 Å². The lowest BCUT2D eigenvalue weighted by Gasteiger charge is -2.24. The van der Waals surface area contributed by atoms with E-state index in [0.29, 0.717) is 17.5 Å². The standard InChI is InChI=1S/C24H26O7/c1-11(2)6-7-12-14(25)9-17-20(23(12)29-5)21(27)19-13-8-18(24(3,4)28)31-22(13)15(26)10-16(19)30-17/h6,9-10,18,25-26,28H,7-8H2,1-5H3/t18-/m1/s1. The number of benzene rings is 2. The van der Waals surface area contributed by atoms with E-state index in [1.54, 1.807) is 13.8 Å². The number of fused-ring (bicyclic) bond motifs is 4. The van der Waals surface area contributed by atoms with Gasteiger partial charge in [0.05, 0.1) is 18.1 Å². The normalized spacial score (nSPS) is 15.7. The Labute approximate surface area is 179 Å². The van der Waals surface area contributed by atoms with Crippen molar-refractivity contribution in [1.82, 2.24) is 0 Å². The Bertz CT molecular complexity index is 1290. The zero-order chi connectivity index (χ0) is 22.7. The third kappa shape index (κ3) is 3.39. The molecule has 1 atom stereocenters. The van der Waals surface area contributed by atoms with Gasteiger partial charge in [-0.2, -0.15) is 0 Å². The number of hydrogen-bond acceptors (Lipinski definition) is 7. The molecule has 0 spiro atoms. The first-order valence-corrected chi connectivity index (χ1v) is 10.1. The number of aromatic hydroxyl groups is 2. The van der Waals surface area contributed by atoms with Crippen LogP contribution in [0.3, 0.4) is 0 Å². The lowest BCUT2D eigenvalue weighted by molar-refractivity contribution is -0.0235. The Morgan fingerprint density at radius 3 is 2.45 bits per heavy atom. The van der Waals surface area contributed by atoms with E-state index in [2.05, 4.69) is 0 Å². The lowest BCUT2D eigenvalue weighted by Crippen LogP contribution is -2.39. The number of phenolic OH excluding ortho intramolecular Hbond substituents is 2. The van der Waals surface area contributed by atoms with Crippen LogP contribution in [0, 0.1) is 0 Å². The first-order valence-electron chi connectivity index (χ1n) is 10.1. The predicted octanol–water partition coefficient (Wildman–Crippen LogP) is 3.95. The van der Waals surface area contributed by atoms with E-state index >= 15 is 0 Å². The average Bonchev–Trinajstić information content (AvgIpc) is 3.12. The molecule has 0 saturated carbocycles. The molecule has 0 aliphatic carbocycles. The van der Waals surface area contributed by atoms with Gasteiger partial charge in [0, 0.05) is 29.7 Å². The molecule has 7 heteroatoms. The van der Waals surface area contributed by atoms with Gasteiger partial charge in [0.1, 0.15) is 34.2 Å². The Balaban J connectivity index is 2.06. The van der Waals surface area contributed by atoms with Crippen molar-refractivity contribution in [1.29, 1.82) is 0 Å². The third-order valence-electron chi connectivity index (χ3n) is 5.68. The van der Waals surface area contributed by atoms with Gasteiger partial charge in [0.25, 0.3) is 0 Å². The van der Waals surface area contributed by atoms with E-state index in [-0.39, 0.29) is 56.8 Å². The molecule has 0 radical (unpaired) electrons. The van der Waals surface area contributed by atoms with Crippen molar-refractivity contribution in [2.24, 2.45) is 0 Å². The zero-order valence-corrected chi connectivity index (χ0v) is 18.2. The van der Waals surface area contributed by atoms with E-state index in [4.69, 9.17) is 13.9 Å². The molecule has 7 nitrogen and oxygen atoms in total. The first kappa shape index (κ1) is 21.1. The van der Waals surface area contributed by atoms with Crippen molar-refractivity contribution >= 4 is 21.9 Å². The number of methoxy groups -OCH3 is 1. The molecule has 0 fully saturated rings. The van der Waals surface area contributed by atoms with E-state index < -0.39 is 11.7 Å². The molecule has 1 aromatic heterocycles. The van der Waals surface area contributed by atoms with Crippen molar-refractivity contribution in [3.8, 4) is 23.0 Å². The maximum absolute atomic E-state index is 13.7. The molecule has 0 bridgehead atoms. The molecule has 3 N–H and O–H groups in total. The maximum atomic E-state index is 13.7. The molecule has 2 heterocycles. The van der Waals surface area contributed by atoms with Crippen LogP contribution >= 0.6 is 0 Å². The van der Waals surface area contributed by atoms with Crippen molar-refractivity contribution in [2.75, 3.05) is 7.11 Å². The summed E-state index contributed by atoms with van der Waals surface area (Å²) >= 11 is 0. The zero-order valence-electron chi connectivity index (χ0n) is 18.2. The van der Waals surface area contributed by atoms with Crippen LogP contribution in [0.2, 0.25) is 0 Å². The molecule has 0 saturated heterocycles. The van der Waals surface area contributed by atoms with Crippen molar-refractivity contribution < 1.29 is 29.2 Å². The van der Waals surface area contributed by atoms with Crippen molar-refractivity contribution in [3.63, 3.8) is 0 Å². The molecule has 0 amide bonds. The number of phenols is 2. The largest absolute Gasteiger partial charge is 0.507 e. The van der Waals surface area contributed by atoms with Gasteiger partial charge in [0.15, 0.2) is 11.5 Å². The highest BCUT2D eigenvalue weighted by molar-refractivity contribution is 5.98. The van der Waals surface area contributed by atoms with Crippen LogP contribution in [-0.4, -0.2) is 34.1 Å². The van der Waals surface area contributed by atoms with Crippen LogP contribution in [-0.2, 0) is 12.8 Å². The summed E-state index contributed by atoms with van der Waals surface area (Å²) in [7, 11) is 1.44. The fourth-order valence-electron chi connectivity index (χ4n) is 4.03. The summed E-state index contributed by atoms with van der Waals surface area (Å²) in [6, 6.07) is 2.72. The molecule has 1 aliphatic heterocycles. The molecule has 1 aliphatic rings. The average molecular weight is 426 g/mol. The summed E-state index contributed by atoms with van der Waals surface area (Å²) in [4.78, 5) is 13.7. The van der Waals surface area contributed by atoms with E-state index in [1.165, 1.54) is 19.2 Å². The topological polar surface area (TPSA) is 109 Å². The molecule has 164 valence electrons. The summed E-state index contributed by atoms with van der Waals surface area (Å²) < 4.78 is 17.3. The summed E-state index contributed by atoms with van der Waals surface area (Å²) in [5, 5.41) is 31.9. The number of ether oxygens (including phenoxy) is 2.